The van der Waals surface area contributed by atoms with Crippen molar-refractivity contribution in [3.63, 3.8) is 0 Å². The maximum absolute atomic E-state index is 13.5. The molecular weight excluding hydrogens is 317 g/mol. The molecule has 0 atom stereocenters. The van der Waals surface area contributed by atoms with Gasteiger partial charge in [0.15, 0.2) is 0 Å². The van der Waals surface area contributed by atoms with Crippen molar-refractivity contribution in [2.24, 2.45) is 0 Å². The van der Waals surface area contributed by atoms with Crippen LogP contribution in [0, 0.1) is 12.7 Å². The van der Waals surface area contributed by atoms with Gasteiger partial charge in [0.25, 0.3) is 0 Å². The first kappa shape index (κ1) is 15.4. The van der Waals surface area contributed by atoms with Crippen molar-refractivity contribution < 1.29 is 14.0 Å². The third-order valence-electron chi connectivity index (χ3n) is 2.48. The number of nitrogens with zero attached hydrogens (tertiary/aromatic N) is 1. The number of carbonyl (C=O) groups is 2. The quantitative estimate of drug-likeness (QED) is 0.851. The molecule has 2 rings (SSSR count). The van der Waals surface area contributed by atoms with Crippen molar-refractivity contribution in [3.05, 3.63) is 45.1 Å². The number of anilines is 1. The number of aryl methyl sites for hydroxylation is 1. The van der Waals surface area contributed by atoms with Crippen LogP contribution in [0.2, 0.25) is 5.02 Å². The molecule has 0 spiro atoms. The Morgan fingerprint density at radius 2 is 2.14 bits per heavy atom. The summed E-state index contributed by atoms with van der Waals surface area (Å²) < 4.78 is 13.5. The van der Waals surface area contributed by atoms with E-state index in [4.69, 9.17) is 11.6 Å². The molecule has 21 heavy (non-hydrogen) atoms. The molecule has 0 aliphatic rings. The summed E-state index contributed by atoms with van der Waals surface area (Å²) in [6.45, 7) is 2.03. The standard InChI is InChI=1S/C13H11ClFN3O2S/c1-7-16-5-9(21-7)6-17-12(19)13(20)18-11-3-2-8(14)4-10(11)15/h2-5H,6H2,1H3,(H,17,19)(H,18,20). The van der Waals surface area contributed by atoms with E-state index < -0.39 is 17.6 Å². The summed E-state index contributed by atoms with van der Waals surface area (Å²) in [6.07, 6.45) is 1.62. The molecule has 0 saturated heterocycles. The summed E-state index contributed by atoms with van der Waals surface area (Å²) in [5, 5.41) is 5.69. The van der Waals surface area contributed by atoms with E-state index in [0.29, 0.717) is 0 Å². The molecule has 110 valence electrons. The fourth-order valence-electron chi connectivity index (χ4n) is 1.50. The summed E-state index contributed by atoms with van der Waals surface area (Å²) in [5.74, 6) is -2.51. The smallest absolute Gasteiger partial charge is 0.313 e. The second kappa shape index (κ2) is 6.64. The van der Waals surface area contributed by atoms with Gasteiger partial charge in [-0.2, -0.15) is 0 Å². The average molecular weight is 328 g/mol. The highest BCUT2D eigenvalue weighted by atomic mass is 35.5. The van der Waals surface area contributed by atoms with Crippen molar-refractivity contribution in [3.8, 4) is 0 Å². The SMILES string of the molecule is Cc1ncc(CNC(=O)C(=O)Nc2ccc(Cl)cc2F)s1. The number of aromatic nitrogens is 1. The molecule has 8 heteroatoms. The molecule has 5 nitrogen and oxygen atoms in total. The highest BCUT2D eigenvalue weighted by molar-refractivity contribution is 7.11. The van der Waals surface area contributed by atoms with E-state index >= 15 is 0 Å². The maximum Gasteiger partial charge on any atom is 0.313 e. The van der Waals surface area contributed by atoms with Crippen LogP contribution in [0.3, 0.4) is 0 Å². The fourth-order valence-corrected chi connectivity index (χ4v) is 2.40. The van der Waals surface area contributed by atoms with Gasteiger partial charge in [-0.1, -0.05) is 11.6 Å². The van der Waals surface area contributed by atoms with Crippen LogP contribution in [-0.2, 0) is 16.1 Å². The van der Waals surface area contributed by atoms with E-state index in [9.17, 15) is 14.0 Å². The van der Waals surface area contributed by atoms with Gasteiger partial charge in [0, 0.05) is 16.1 Å². The monoisotopic (exact) mass is 327 g/mol. The number of nitrogens with one attached hydrogen (secondary N) is 2. The van der Waals surface area contributed by atoms with Crippen LogP contribution < -0.4 is 10.6 Å². The largest absolute Gasteiger partial charge is 0.343 e. The molecule has 0 radical (unpaired) electrons. The molecule has 2 aromatic rings. The minimum atomic E-state index is -0.947. The van der Waals surface area contributed by atoms with E-state index in [1.165, 1.54) is 23.5 Å². The van der Waals surface area contributed by atoms with Crippen molar-refractivity contribution >= 4 is 40.4 Å². The van der Waals surface area contributed by atoms with Crippen molar-refractivity contribution in [1.82, 2.24) is 10.3 Å². The third-order valence-corrected chi connectivity index (χ3v) is 3.63. The molecular formula is C13H11ClFN3O2S. The number of hydrogen-bond donors (Lipinski definition) is 2. The zero-order chi connectivity index (χ0) is 15.4. The van der Waals surface area contributed by atoms with Gasteiger partial charge >= 0.3 is 11.8 Å². The fraction of sp³-hybridized carbons (Fsp3) is 0.154. The lowest BCUT2D eigenvalue weighted by molar-refractivity contribution is -0.136. The molecule has 0 fully saturated rings. The van der Waals surface area contributed by atoms with Crippen molar-refractivity contribution in [2.45, 2.75) is 13.5 Å². The number of thiazole rings is 1. The molecule has 2 amide bonds. The van der Waals surface area contributed by atoms with Gasteiger partial charge in [-0.3, -0.25) is 9.59 Å². The normalized spacial score (nSPS) is 10.2. The second-order valence-corrected chi connectivity index (χ2v) is 5.86. The summed E-state index contributed by atoms with van der Waals surface area (Å²) >= 11 is 7.02. The highest BCUT2D eigenvalue weighted by Crippen LogP contribution is 2.18. The Morgan fingerprint density at radius 3 is 2.76 bits per heavy atom. The van der Waals surface area contributed by atoms with E-state index in [-0.39, 0.29) is 17.3 Å². The lowest BCUT2D eigenvalue weighted by Gasteiger charge is -2.06. The van der Waals surface area contributed by atoms with E-state index in [1.807, 2.05) is 6.92 Å². The van der Waals surface area contributed by atoms with Gasteiger partial charge < -0.3 is 10.6 Å². The highest BCUT2D eigenvalue weighted by Gasteiger charge is 2.15. The summed E-state index contributed by atoms with van der Waals surface area (Å²) in [7, 11) is 0. The molecule has 0 aliphatic heterocycles. The molecule has 0 bridgehead atoms. The minimum Gasteiger partial charge on any atom is -0.343 e. The first-order chi connectivity index (χ1) is 9.95. The van der Waals surface area contributed by atoms with Crippen LogP contribution in [0.5, 0.6) is 0 Å². The number of carbonyl (C=O) groups excluding carboxylic acids is 2. The van der Waals surface area contributed by atoms with Crippen molar-refractivity contribution in [2.75, 3.05) is 5.32 Å². The lowest BCUT2D eigenvalue weighted by atomic mass is 10.3. The van der Waals surface area contributed by atoms with Crippen LogP contribution in [-0.4, -0.2) is 16.8 Å². The number of benzene rings is 1. The Morgan fingerprint density at radius 1 is 1.38 bits per heavy atom. The Hall–Kier alpha value is -1.99. The zero-order valence-corrected chi connectivity index (χ0v) is 12.5. The van der Waals surface area contributed by atoms with Crippen molar-refractivity contribution in [1.29, 1.82) is 0 Å². The number of halogens is 2. The molecule has 1 aromatic heterocycles. The number of amides is 2. The average Bonchev–Trinajstić information content (AvgIpc) is 2.85. The molecule has 0 aliphatic carbocycles. The van der Waals surface area contributed by atoms with Crippen LogP contribution >= 0.6 is 22.9 Å². The Labute approximate surface area is 129 Å². The van der Waals surface area contributed by atoms with Crippen LogP contribution in [0.25, 0.3) is 0 Å². The molecule has 0 saturated carbocycles. The van der Waals surface area contributed by atoms with Crippen LogP contribution in [0.15, 0.2) is 24.4 Å². The van der Waals surface area contributed by atoms with Gasteiger partial charge in [-0.25, -0.2) is 9.37 Å². The summed E-state index contributed by atoms with van der Waals surface area (Å²) in [5.41, 5.74) is -0.104. The molecule has 2 N–H and O–H groups in total. The van der Waals surface area contributed by atoms with Gasteiger partial charge in [0.1, 0.15) is 5.82 Å². The molecule has 0 unspecified atom stereocenters. The number of rotatable bonds is 3. The minimum absolute atomic E-state index is 0.104. The van der Waals surface area contributed by atoms with E-state index in [0.717, 1.165) is 16.0 Å². The van der Waals surface area contributed by atoms with Crippen LogP contribution in [0.1, 0.15) is 9.88 Å². The Balaban J connectivity index is 1.91. The van der Waals surface area contributed by atoms with Crippen LogP contribution in [0.4, 0.5) is 10.1 Å². The Bertz CT molecular complexity index is 690. The first-order valence-corrected chi connectivity index (χ1v) is 7.10. The molecule has 1 aromatic carbocycles. The summed E-state index contributed by atoms with van der Waals surface area (Å²) in [4.78, 5) is 28.1. The van der Waals surface area contributed by atoms with Gasteiger partial charge in [0.05, 0.1) is 17.2 Å². The summed E-state index contributed by atoms with van der Waals surface area (Å²) in [6, 6.07) is 3.75. The Kier molecular flexibility index (Phi) is 4.87. The molecule has 1 heterocycles. The second-order valence-electron chi connectivity index (χ2n) is 4.11. The van der Waals surface area contributed by atoms with E-state index in [2.05, 4.69) is 15.6 Å². The van der Waals surface area contributed by atoms with Gasteiger partial charge in [0.2, 0.25) is 0 Å². The lowest BCUT2D eigenvalue weighted by Crippen LogP contribution is -2.35. The third kappa shape index (κ3) is 4.24. The predicted octanol–water partition coefficient (Wildman–Crippen LogP) is 2.50. The van der Waals surface area contributed by atoms with Gasteiger partial charge in [-0.15, -0.1) is 11.3 Å². The van der Waals surface area contributed by atoms with Gasteiger partial charge in [-0.05, 0) is 25.1 Å². The predicted molar refractivity (Wildman–Crippen MR) is 78.7 cm³/mol. The maximum atomic E-state index is 13.5. The first-order valence-electron chi connectivity index (χ1n) is 5.91. The van der Waals surface area contributed by atoms with E-state index in [1.54, 1.807) is 6.20 Å². The topological polar surface area (TPSA) is 71.1 Å². The number of hydrogen-bond acceptors (Lipinski definition) is 4. The zero-order valence-electron chi connectivity index (χ0n) is 10.9.